The lowest BCUT2D eigenvalue weighted by Gasteiger charge is -2.17. The number of aryl methyl sites for hydroxylation is 1. The van der Waals surface area contributed by atoms with Crippen LogP contribution < -0.4 is 11.3 Å². The molecule has 38 heavy (non-hydrogen) atoms. The molecule has 0 fully saturated rings. The van der Waals surface area contributed by atoms with Crippen molar-refractivity contribution in [2.45, 2.75) is 13.5 Å². The van der Waals surface area contributed by atoms with Gasteiger partial charge in [-0.25, -0.2) is 19.0 Å². The average molecular weight is 527 g/mol. The predicted octanol–water partition coefficient (Wildman–Crippen LogP) is 5.23. The zero-order valence-corrected chi connectivity index (χ0v) is 20.8. The van der Waals surface area contributed by atoms with E-state index in [2.05, 4.69) is 9.97 Å². The molecule has 0 atom stereocenters. The number of nitrogen functional groups attached to an aromatic ring is 1. The molecular weight excluding hydrogens is 507 g/mol. The summed E-state index contributed by atoms with van der Waals surface area (Å²) >= 11 is 6.55. The number of nitrogens with zero attached hydrogens (tertiary/aromatic N) is 5. The third kappa shape index (κ3) is 3.84. The van der Waals surface area contributed by atoms with Crippen molar-refractivity contribution in [1.82, 2.24) is 24.3 Å². The van der Waals surface area contributed by atoms with Gasteiger partial charge >= 0.3 is 0 Å². The molecule has 0 aliphatic carbocycles. The summed E-state index contributed by atoms with van der Waals surface area (Å²) in [7, 11) is 0. The Kier molecular flexibility index (Phi) is 5.57. The second-order valence-corrected chi connectivity index (χ2v) is 9.34. The third-order valence-electron chi connectivity index (χ3n) is 6.45. The number of hydrogen-bond acceptors (Lipinski definition) is 6. The monoisotopic (exact) mass is 526 g/mol. The highest BCUT2D eigenvalue weighted by Gasteiger charge is 2.21. The lowest BCUT2D eigenvalue weighted by atomic mass is 10.1. The Morgan fingerprint density at radius 3 is 2.63 bits per heavy atom. The fraction of sp³-hybridized carbons (Fsp3) is 0.0714. The predicted molar refractivity (Wildman–Crippen MR) is 145 cm³/mol. The molecule has 3 N–H and O–H groups in total. The van der Waals surface area contributed by atoms with E-state index in [1.165, 1.54) is 18.5 Å². The van der Waals surface area contributed by atoms with E-state index >= 15 is 0 Å². The van der Waals surface area contributed by atoms with Gasteiger partial charge in [0.1, 0.15) is 29.4 Å². The van der Waals surface area contributed by atoms with Crippen molar-refractivity contribution in [3.05, 3.63) is 106 Å². The fourth-order valence-corrected chi connectivity index (χ4v) is 5.03. The SMILES string of the molecule is Cc1cccc2cc(Cn3nc(-c4cc(O)cc(F)c4)c4c(N)ncnc43)n(-c3ccccc3Cl)c(=O)c12. The standard InChI is InChI=1S/C28H20ClFN6O2/c1-15-5-4-6-16-10-19(36(28(38)23(15)16)22-8-3-2-7-21(22)29)13-35-27-24(26(31)32-14-33-27)25(34-35)17-9-18(30)12-20(37)11-17/h2-12,14,37H,13H2,1H3,(H2,31,32,33). The minimum absolute atomic E-state index is 0.110. The summed E-state index contributed by atoms with van der Waals surface area (Å²) in [6.45, 7) is 2.00. The van der Waals surface area contributed by atoms with E-state index < -0.39 is 5.82 Å². The number of fused-ring (bicyclic) bond motifs is 2. The summed E-state index contributed by atoms with van der Waals surface area (Å²) in [5.74, 6) is -0.733. The molecule has 0 aliphatic heterocycles. The van der Waals surface area contributed by atoms with Crippen LogP contribution in [0.25, 0.3) is 38.8 Å². The number of nitrogens with two attached hydrogens (primary N) is 1. The summed E-state index contributed by atoms with van der Waals surface area (Å²) in [6, 6.07) is 18.3. The van der Waals surface area contributed by atoms with Crippen LogP contribution >= 0.6 is 11.6 Å². The van der Waals surface area contributed by atoms with E-state index in [4.69, 9.17) is 22.4 Å². The van der Waals surface area contributed by atoms with Crippen molar-refractivity contribution in [3.8, 4) is 22.7 Å². The van der Waals surface area contributed by atoms with Gasteiger partial charge in [-0.2, -0.15) is 5.10 Å². The van der Waals surface area contributed by atoms with Crippen molar-refractivity contribution in [3.63, 3.8) is 0 Å². The van der Waals surface area contributed by atoms with Gasteiger partial charge in [-0.15, -0.1) is 0 Å². The number of benzene rings is 3. The first kappa shape index (κ1) is 23.6. The Morgan fingerprint density at radius 2 is 1.84 bits per heavy atom. The first-order chi connectivity index (χ1) is 18.3. The summed E-state index contributed by atoms with van der Waals surface area (Å²) in [6.07, 6.45) is 1.31. The molecule has 0 saturated carbocycles. The number of aromatic nitrogens is 5. The maximum Gasteiger partial charge on any atom is 0.263 e. The van der Waals surface area contributed by atoms with Gasteiger partial charge in [0.15, 0.2) is 5.65 Å². The van der Waals surface area contributed by atoms with Crippen molar-refractivity contribution < 1.29 is 9.50 Å². The molecule has 3 heterocycles. The van der Waals surface area contributed by atoms with Crippen molar-refractivity contribution in [1.29, 1.82) is 0 Å². The highest BCUT2D eigenvalue weighted by molar-refractivity contribution is 6.32. The molecular formula is C28H20ClFN6O2. The third-order valence-corrected chi connectivity index (χ3v) is 6.77. The number of aromatic hydroxyl groups is 1. The largest absolute Gasteiger partial charge is 0.508 e. The molecule has 6 rings (SSSR count). The molecule has 3 aromatic heterocycles. The van der Waals surface area contributed by atoms with Crippen LogP contribution in [0, 0.1) is 12.7 Å². The number of hydrogen-bond donors (Lipinski definition) is 2. The van der Waals surface area contributed by atoms with E-state index in [1.807, 2.05) is 37.3 Å². The van der Waals surface area contributed by atoms with Gasteiger partial charge in [0.05, 0.1) is 28.0 Å². The minimum Gasteiger partial charge on any atom is -0.508 e. The Balaban J connectivity index is 1.63. The summed E-state index contributed by atoms with van der Waals surface area (Å²) < 4.78 is 17.3. The first-order valence-electron chi connectivity index (χ1n) is 11.7. The molecule has 8 nitrogen and oxygen atoms in total. The van der Waals surface area contributed by atoms with Crippen LogP contribution in [0.2, 0.25) is 5.02 Å². The Morgan fingerprint density at radius 1 is 1.03 bits per heavy atom. The average Bonchev–Trinajstić information content (AvgIpc) is 3.24. The van der Waals surface area contributed by atoms with Crippen LogP contribution in [0.4, 0.5) is 10.2 Å². The smallest absolute Gasteiger partial charge is 0.263 e. The van der Waals surface area contributed by atoms with Crippen molar-refractivity contribution >= 4 is 39.2 Å². The summed E-state index contributed by atoms with van der Waals surface area (Å²) in [4.78, 5) is 22.4. The second kappa shape index (κ2) is 8.97. The van der Waals surface area contributed by atoms with Crippen LogP contribution in [-0.4, -0.2) is 29.4 Å². The summed E-state index contributed by atoms with van der Waals surface area (Å²) in [5, 5.41) is 16.9. The molecule has 3 aromatic carbocycles. The van der Waals surface area contributed by atoms with Crippen molar-refractivity contribution in [2.75, 3.05) is 5.73 Å². The molecule has 0 radical (unpaired) electrons. The fourth-order valence-electron chi connectivity index (χ4n) is 4.81. The van der Waals surface area contributed by atoms with Crippen LogP contribution in [0.1, 0.15) is 11.3 Å². The first-order valence-corrected chi connectivity index (χ1v) is 12.1. The number of anilines is 1. The zero-order valence-electron chi connectivity index (χ0n) is 20.1. The highest BCUT2D eigenvalue weighted by atomic mass is 35.5. The molecule has 10 heteroatoms. The van der Waals surface area contributed by atoms with Gasteiger partial charge < -0.3 is 10.8 Å². The van der Waals surface area contributed by atoms with Crippen LogP contribution in [0.3, 0.4) is 0 Å². The van der Waals surface area contributed by atoms with Crippen LogP contribution in [-0.2, 0) is 6.54 Å². The highest BCUT2D eigenvalue weighted by Crippen LogP contribution is 2.33. The lowest BCUT2D eigenvalue weighted by molar-refractivity contribution is 0.469. The number of phenolic OH excluding ortho intramolecular Hbond substituents is 1. The molecule has 0 unspecified atom stereocenters. The molecule has 0 saturated heterocycles. The Labute approximate surface area is 220 Å². The maximum atomic E-state index is 14.2. The number of rotatable bonds is 4. The minimum atomic E-state index is -0.629. The van der Waals surface area contributed by atoms with Crippen LogP contribution in [0.15, 0.2) is 77.9 Å². The van der Waals surface area contributed by atoms with Gasteiger partial charge in [-0.05, 0) is 48.2 Å². The molecule has 0 bridgehead atoms. The zero-order chi connectivity index (χ0) is 26.6. The van der Waals surface area contributed by atoms with Gasteiger partial charge in [0.2, 0.25) is 0 Å². The quantitative estimate of drug-likeness (QED) is 0.325. The topological polar surface area (TPSA) is 112 Å². The Bertz CT molecular complexity index is 1930. The van der Waals surface area contributed by atoms with E-state index in [-0.39, 0.29) is 23.7 Å². The molecule has 0 amide bonds. The number of pyridine rings is 1. The van der Waals surface area contributed by atoms with Gasteiger partial charge in [-0.1, -0.05) is 41.9 Å². The van der Waals surface area contributed by atoms with Gasteiger partial charge in [-0.3, -0.25) is 9.36 Å². The molecule has 6 aromatic rings. The van der Waals surface area contributed by atoms with Crippen molar-refractivity contribution in [2.24, 2.45) is 0 Å². The molecule has 0 spiro atoms. The summed E-state index contributed by atoms with van der Waals surface area (Å²) in [5.41, 5.74) is 8.95. The van der Waals surface area contributed by atoms with E-state index in [1.54, 1.807) is 27.4 Å². The van der Waals surface area contributed by atoms with E-state index in [0.717, 1.165) is 17.0 Å². The normalized spacial score (nSPS) is 11.4. The second-order valence-electron chi connectivity index (χ2n) is 8.93. The van der Waals surface area contributed by atoms with Gasteiger partial charge in [0, 0.05) is 17.3 Å². The lowest BCUT2D eigenvalue weighted by Crippen LogP contribution is -2.24. The number of para-hydroxylation sites is 1. The van der Waals surface area contributed by atoms with Gasteiger partial charge in [0.25, 0.3) is 5.56 Å². The van der Waals surface area contributed by atoms with Crippen LogP contribution in [0.5, 0.6) is 5.75 Å². The van der Waals surface area contributed by atoms with E-state index in [9.17, 15) is 14.3 Å². The maximum absolute atomic E-state index is 14.2. The number of phenols is 1. The van der Waals surface area contributed by atoms with E-state index in [0.29, 0.717) is 44.1 Å². The Hall–Kier alpha value is -4.76. The number of halogens is 2. The molecule has 188 valence electrons. The molecule has 0 aliphatic rings.